The molecule has 0 spiro atoms. The molecular weight excluding hydrogens is 270 g/mol. The van der Waals surface area contributed by atoms with Crippen LogP contribution in [0, 0.1) is 0 Å². The third-order valence-corrected chi connectivity index (χ3v) is 2.52. The van der Waals surface area contributed by atoms with Crippen molar-refractivity contribution in [2.24, 2.45) is 0 Å². The summed E-state index contributed by atoms with van der Waals surface area (Å²) < 4.78 is 6.14. The monoisotopic (exact) mass is 283 g/mol. The van der Waals surface area contributed by atoms with Gasteiger partial charge in [-0.1, -0.05) is 6.08 Å². The van der Waals surface area contributed by atoms with Crippen LogP contribution in [-0.2, 0) is 0 Å². The van der Waals surface area contributed by atoms with Crippen molar-refractivity contribution in [1.29, 1.82) is 0 Å². The maximum atomic E-state index is 11.6. The highest BCUT2D eigenvalue weighted by atomic mass is 79.9. The number of amides is 1. The van der Waals surface area contributed by atoms with Gasteiger partial charge < -0.3 is 10.1 Å². The van der Waals surface area contributed by atoms with Crippen LogP contribution in [0.1, 0.15) is 17.3 Å². The third-order valence-electron chi connectivity index (χ3n) is 1.90. The fourth-order valence-corrected chi connectivity index (χ4v) is 1.67. The predicted molar refractivity (Wildman–Crippen MR) is 67.8 cm³/mol. The van der Waals surface area contributed by atoms with Gasteiger partial charge >= 0.3 is 0 Å². The Morgan fingerprint density at radius 1 is 1.62 bits per heavy atom. The summed E-state index contributed by atoms with van der Waals surface area (Å²) in [6.45, 7) is 6.51. The van der Waals surface area contributed by atoms with Gasteiger partial charge in [0.25, 0.3) is 5.91 Å². The summed E-state index contributed by atoms with van der Waals surface area (Å²) in [6, 6.07) is 5.24. The van der Waals surface area contributed by atoms with Crippen molar-refractivity contribution in [3.05, 3.63) is 40.9 Å². The van der Waals surface area contributed by atoms with Crippen molar-refractivity contribution in [1.82, 2.24) is 5.32 Å². The van der Waals surface area contributed by atoms with Crippen molar-refractivity contribution in [3.63, 3.8) is 0 Å². The highest BCUT2D eigenvalue weighted by Gasteiger charge is 2.07. The molecule has 0 heterocycles. The SMILES string of the molecule is C=CCNC(=O)c1ccc(OCC)c(Br)c1. The van der Waals surface area contributed by atoms with Gasteiger partial charge in [-0.05, 0) is 41.1 Å². The van der Waals surface area contributed by atoms with Crippen LogP contribution < -0.4 is 10.1 Å². The number of benzene rings is 1. The molecule has 16 heavy (non-hydrogen) atoms. The number of ether oxygens (including phenoxy) is 1. The van der Waals surface area contributed by atoms with Crippen LogP contribution >= 0.6 is 15.9 Å². The van der Waals surface area contributed by atoms with Crippen LogP contribution in [0.15, 0.2) is 35.3 Å². The molecule has 0 aliphatic carbocycles. The molecule has 0 unspecified atom stereocenters. The van der Waals surface area contributed by atoms with Crippen molar-refractivity contribution >= 4 is 21.8 Å². The van der Waals surface area contributed by atoms with E-state index < -0.39 is 0 Å². The second-order valence-corrected chi connectivity index (χ2v) is 3.93. The lowest BCUT2D eigenvalue weighted by molar-refractivity contribution is 0.0958. The number of nitrogens with one attached hydrogen (secondary N) is 1. The molecule has 3 nitrogen and oxygen atoms in total. The van der Waals surface area contributed by atoms with E-state index in [0.717, 1.165) is 10.2 Å². The minimum Gasteiger partial charge on any atom is -0.493 e. The highest BCUT2D eigenvalue weighted by molar-refractivity contribution is 9.10. The smallest absolute Gasteiger partial charge is 0.251 e. The maximum absolute atomic E-state index is 11.6. The summed E-state index contributed by atoms with van der Waals surface area (Å²) in [5, 5.41) is 2.71. The zero-order chi connectivity index (χ0) is 12.0. The van der Waals surface area contributed by atoms with E-state index in [1.54, 1.807) is 24.3 Å². The Balaban J connectivity index is 2.79. The van der Waals surface area contributed by atoms with Crippen LogP contribution in [0.25, 0.3) is 0 Å². The van der Waals surface area contributed by atoms with Crippen LogP contribution in [0.2, 0.25) is 0 Å². The lowest BCUT2D eigenvalue weighted by Gasteiger charge is -2.07. The lowest BCUT2D eigenvalue weighted by Crippen LogP contribution is -2.23. The van der Waals surface area contributed by atoms with Crippen molar-refractivity contribution < 1.29 is 9.53 Å². The lowest BCUT2D eigenvalue weighted by atomic mass is 10.2. The molecule has 86 valence electrons. The first kappa shape index (κ1) is 12.8. The van der Waals surface area contributed by atoms with Crippen LogP contribution in [0.4, 0.5) is 0 Å². The number of carbonyl (C=O) groups excluding carboxylic acids is 1. The standard InChI is InChI=1S/C12H14BrNO2/c1-3-7-14-12(15)9-5-6-11(16-4-2)10(13)8-9/h3,5-6,8H,1,4,7H2,2H3,(H,14,15). The van der Waals surface area contributed by atoms with E-state index in [2.05, 4.69) is 27.8 Å². The van der Waals surface area contributed by atoms with Crippen LogP contribution in [-0.4, -0.2) is 19.1 Å². The molecule has 1 rings (SSSR count). The first-order valence-corrected chi connectivity index (χ1v) is 5.79. The largest absolute Gasteiger partial charge is 0.493 e. The van der Waals surface area contributed by atoms with Crippen molar-refractivity contribution in [2.75, 3.05) is 13.2 Å². The maximum Gasteiger partial charge on any atom is 0.251 e. The molecule has 1 N–H and O–H groups in total. The summed E-state index contributed by atoms with van der Waals surface area (Å²) in [5.41, 5.74) is 0.595. The molecule has 0 aliphatic heterocycles. The van der Waals surface area contributed by atoms with Gasteiger partial charge in [-0.25, -0.2) is 0 Å². The summed E-state index contributed by atoms with van der Waals surface area (Å²) in [5.74, 6) is 0.617. The summed E-state index contributed by atoms with van der Waals surface area (Å²) in [7, 11) is 0. The summed E-state index contributed by atoms with van der Waals surface area (Å²) in [4.78, 5) is 11.6. The van der Waals surface area contributed by atoms with Gasteiger partial charge in [0.1, 0.15) is 5.75 Å². The molecule has 0 bridgehead atoms. The van der Waals surface area contributed by atoms with E-state index in [4.69, 9.17) is 4.74 Å². The van der Waals surface area contributed by atoms with Gasteiger partial charge in [-0.3, -0.25) is 4.79 Å². The first-order valence-electron chi connectivity index (χ1n) is 5.00. The van der Waals surface area contributed by atoms with Gasteiger partial charge in [0.2, 0.25) is 0 Å². The number of carbonyl (C=O) groups is 1. The minimum atomic E-state index is -0.122. The first-order chi connectivity index (χ1) is 7.69. The minimum absolute atomic E-state index is 0.122. The molecule has 1 aromatic carbocycles. The number of halogens is 1. The Morgan fingerprint density at radius 3 is 2.94 bits per heavy atom. The Kier molecular flexibility index (Phi) is 5.05. The normalized spacial score (nSPS) is 9.62. The topological polar surface area (TPSA) is 38.3 Å². The quantitative estimate of drug-likeness (QED) is 0.844. The second kappa shape index (κ2) is 6.33. The highest BCUT2D eigenvalue weighted by Crippen LogP contribution is 2.25. The summed E-state index contributed by atoms with van der Waals surface area (Å²) >= 11 is 3.36. The molecule has 0 radical (unpaired) electrons. The van der Waals surface area contributed by atoms with E-state index in [9.17, 15) is 4.79 Å². The second-order valence-electron chi connectivity index (χ2n) is 3.08. The van der Waals surface area contributed by atoms with E-state index in [1.165, 1.54) is 0 Å². The molecule has 0 aliphatic rings. The van der Waals surface area contributed by atoms with Gasteiger partial charge in [-0.15, -0.1) is 6.58 Å². The zero-order valence-corrected chi connectivity index (χ0v) is 10.7. The Bertz CT molecular complexity index is 391. The van der Waals surface area contributed by atoms with Gasteiger partial charge in [0, 0.05) is 12.1 Å². The van der Waals surface area contributed by atoms with Gasteiger partial charge in [-0.2, -0.15) is 0 Å². The van der Waals surface area contributed by atoms with E-state index >= 15 is 0 Å². The predicted octanol–water partition coefficient (Wildman–Crippen LogP) is 2.76. The molecule has 0 saturated carbocycles. The Labute approximate surface area is 104 Å². The molecule has 1 aromatic rings. The Hall–Kier alpha value is -1.29. The van der Waals surface area contributed by atoms with Crippen LogP contribution in [0.3, 0.4) is 0 Å². The number of rotatable bonds is 5. The molecule has 1 amide bonds. The van der Waals surface area contributed by atoms with Gasteiger partial charge in [0.15, 0.2) is 0 Å². The average molecular weight is 284 g/mol. The fourth-order valence-electron chi connectivity index (χ4n) is 1.18. The number of hydrogen-bond acceptors (Lipinski definition) is 2. The van der Waals surface area contributed by atoms with E-state index in [1.807, 2.05) is 6.92 Å². The fraction of sp³-hybridized carbons (Fsp3) is 0.250. The van der Waals surface area contributed by atoms with E-state index in [-0.39, 0.29) is 5.91 Å². The van der Waals surface area contributed by atoms with Gasteiger partial charge in [0.05, 0.1) is 11.1 Å². The molecule has 0 fully saturated rings. The van der Waals surface area contributed by atoms with Crippen molar-refractivity contribution in [3.8, 4) is 5.75 Å². The molecule has 0 atom stereocenters. The average Bonchev–Trinajstić information content (AvgIpc) is 2.29. The molecule has 0 aromatic heterocycles. The van der Waals surface area contributed by atoms with Crippen LogP contribution in [0.5, 0.6) is 5.75 Å². The number of hydrogen-bond donors (Lipinski definition) is 1. The molecule has 4 heteroatoms. The Morgan fingerprint density at radius 2 is 2.38 bits per heavy atom. The zero-order valence-electron chi connectivity index (χ0n) is 9.13. The molecule has 0 saturated heterocycles. The molecular formula is C12H14BrNO2. The van der Waals surface area contributed by atoms with Crippen molar-refractivity contribution in [2.45, 2.75) is 6.92 Å². The third kappa shape index (κ3) is 3.38. The summed E-state index contributed by atoms with van der Waals surface area (Å²) in [6.07, 6.45) is 1.64. The van der Waals surface area contributed by atoms with E-state index in [0.29, 0.717) is 18.7 Å².